The molecular weight excluding hydrogens is 302 g/mol. The Morgan fingerprint density at radius 1 is 0.722 bits per heavy atom. The Morgan fingerprint density at radius 3 is 1.33 bits per heavy atom. The van der Waals surface area contributed by atoms with Gasteiger partial charge in [-0.2, -0.15) is 0 Å². The first-order chi connectivity index (χ1) is 8.46. The predicted octanol–water partition coefficient (Wildman–Crippen LogP) is 3.54. The number of benzene rings is 2. The standard InChI is InChI=1S/C16H19PSe/c1-16(2,3)17(18,14-10-6-4-7-11-14)15-12-8-5-9-13-15/h4-13H,1-3H3. The van der Waals surface area contributed by atoms with Gasteiger partial charge in [0.1, 0.15) is 0 Å². The van der Waals surface area contributed by atoms with E-state index in [-0.39, 0.29) is 5.16 Å². The van der Waals surface area contributed by atoms with E-state index in [0.29, 0.717) is 0 Å². The van der Waals surface area contributed by atoms with Crippen molar-refractivity contribution in [3.8, 4) is 0 Å². The van der Waals surface area contributed by atoms with E-state index in [1.165, 1.54) is 10.6 Å². The van der Waals surface area contributed by atoms with E-state index in [1.807, 2.05) is 0 Å². The molecule has 0 aromatic heterocycles. The van der Waals surface area contributed by atoms with Crippen LogP contribution >= 0.6 is 5.51 Å². The van der Waals surface area contributed by atoms with Crippen molar-refractivity contribution in [2.75, 3.05) is 0 Å². The summed E-state index contributed by atoms with van der Waals surface area (Å²) in [5.74, 6) is 0. The molecule has 0 spiro atoms. The van der Waals surface area contributed by atoms with E-state index in [0.717, 1.165) is 0 Å². The molecule has 0 nitrogen and oxygen atoms in total. The summed E-state index contributed by atoms with van der Waals surface area (Å²) in [6, 6.07) is 21.7. The molecule has 0 unspecified atom stereocenters. The van der Waals surface area contributed by atoms with Crippen LogP contribution in [0, 0.1) is 0 Å². The molecule has 0 atom stereocenters. The van der Waals surface area contributed by atoms with Crippen LogP contribution in [0.3, 0.4) is 0 Å². The van der Waals surface area contributed by atoms with Crippen molar-refractivity contribution in [2.24, 2.45) is 0 Å². The van der Waals surface area contributed by atoms with Crippen molar-refractivity contribution < 1.29 is 0 Å². The quantitative estimate of drug-likeness (QED) is 0.586. The first kappa shape index (κ1) is 13.8. The summed E-state index contributed by atoms with van der Waals surface area (Å²) in [5.41, 5.74) is -1.48. The van der Waals surface area contributed by atoms with Crippen molar-refractivity contribution in [1.82, 2.24) is 0 Å². The zero-order chi connectivity index (χ0) is 13.2. The van der Waals surface area contributed by atoms with E-state index < -0.39 is 5.51 Å². The molecule has 0 N–H and O–H groups in total. The van der Waals surface area contributed by atoms with Crippen molar-refractivity contribution in [1.29, 1.82) is 0 Å². The normalized spacial score (nSPS) is 12.4. The zero-order valence-electron chi connectivity index (χ0n) is 11.1. The SMILES string of the molecule is CC(C)(C)P(=[Se])(c1ccccc1)c1ccccc1. The second-order valence-electron chi connectivity index (χ2n) is 5.45. The van der Waals surface area contributed by atoms with E-state index in [4.69, 9.17) is 0 Å². The van der Waals surface area contributed by atoms with Crippen LogP contribution in [0.1, 0.15) is 20.8 Å². The molecule has 0 radical (unpaired) electrons. The maximum absolute atomic E-state index is 3.57. The molecule has 0 fully saturated rings. The van der Waals surface area contributed by atoms with E-state index in [2.05, 4.69) is 96.5 Å². The molecule has 0 aliphatic rings. The van der Waals surface area contributed by atoms with Crippen LogP contribution in [-0.4, -0.2) is 20.3 Å². The van der Waals surface area contributed by atoms with Crippen LogP contribution in [0.25, 0.3) is 0 Å². The zero-order valence-corrected chi connectivity index (χ0v) is 13.7. The maximum atomic E-state index is 3.57. The predicted molar refractivity (Wildman–Crippen MR) is 84.6 cm³/mol. The summed E-state index contributed by atoms with van der Waals surface area (Å²) >= 11 is 3.57. The van der Waals surface area contributed by atoms with Gasteiger partial charge in [0.2, 0.25) is 0 Å². The average molecular weight is 321 g/mol. The molecular formula is C16H19PSe. The fourth-order valence-corrected chi connectivity index (χ4v) is 6.76. The number of hydrogen-bond acceptors (Lipinski definition) is 0. The van der Waals surface area contributed by atoms with Gasteiger partial charge < -0.3 is 0 Å². The Hall–Kier alpha value is -0.611. The first-order valence-electron chi connectivity index (χ1n) is 6.17. The summed E-state index contributed by atoms with van der Waals surface area (Å²) in [5, 5.41) is 3.09. The number of hydrogen-bond donors (Lipinski definition) is 0. The third-order valence-electron chi connectivity index (χ3n) is 3.18. The Balaban J connectivity index is 2.68. The van der Waals surface area contributed by atoms with Gasteiger partial charge in [-0.25, -0.2) is 0 Å². The average Bonchev–Trinajstić information content (AvgIpc) is 2.38. The van der Waals surface area contributed by atoms with Crippen molar-refractivity contribution >= 4 is 31.2 Å². The summed E-state index contributed by atoms with van der Waals surface area (Å²) in [6.07, 6.45) is 0. The van der Waals surface area contributed by atoms with Crippen LogP contribution in [0.4, 0.5) is 0 Å². The third kappa shape index (κ3) is 2.41. The Morgan fingerprint density at radius 2 is 1.06 bits per heavy atom. The molecule has 0 saturated carbocycles. The Labute approximate surface area is 118 Å². The Kier molecular flexibility index (Phi) is 3.97. The van der Waals surface area contributed by atoms with E-state index in [9.17, 15) is 0 Å². The van der Waals surface area contributed by atoms with Gasteiger partial charge in [0.15, 0.2) is 0 Å². The summed E-state index contributed by atoms with van der Waals surface area (Å²) < 4.78 is 0. The van der Waals surface area contributed by atoms with Crippen LogP contribution in [0.5, 0.6) is 0 Å². The monoisotopic (exact) mass is 322 g/mol. The molecule has 2 aromatic rings. The second-order valence-corrected chi connectivity index (χ2v) is 12.5. The summed E-state index contributed by atoms with van der Waals surface area (Å²) in [4.78, 5) is 0. The van der Waals surface area contributed by atoms with Crippen LogP contribution in [-0.2, 0) is 0 Å². The third-order valence-corrected chi connectivity index (χ3v) is 13.2. The van der Waals surface area contributed by atoms with Gasteiger partial charge >= 0.3 is 118 Å². The van der Waals surface area contributed by atoms with Crippen LogP contribution < -0.4 is 10.6 Å². The number of rotatable bonds is 2. The molecule has 0 heterocycles. The topological polar surface area (TPSA) is 0 Å². The van der Waals surface area contributed by atoms with Gasteiger partial charge in [-0.15, -0.1) is 0 Å². The molecule has 94 valence electrons. The van der Waals surface area contributed by atoms with Gasteiger partial charge in [0.05, 0.1) is 0 Å². The van der Waals surface area contributed by atoms with Gasteiger partial charge in [-0.05, 0) is 0 Å². The second kappa shape index (κ2) is 5.17. The van der Waals surface area contributed by atoms with E-state index >= 15 is 0 Å². The minimum absolute atomic E-state index is 0.218. The molecule has 2 rings (SSSR count). The molecule has 18 heavy (non-hydrogen) atoms. The fourth-order valence-electron chi connectivity index (χ4n) is 2.20. The van der Waals surface area contributed by atoms with Crippen LogP contribution in [0.15, 0.2) is 60.7 Å². The van der Waals surface area contributed by atoms with Crippen molar-refractivity contribution in [3.63, 3.8) is 0 Å². The summed E-state index contributed by atoms with van der Waals surface area (Å²) in [6.45, 7) is 6.99. The van der Waals surface area contributed by atoms with Crippen molar-refractivity contribution in [3.05, 3.63) is 60.7 Å². The van der Waals surface area contributed by atoms with Gasteiger partial charge in [0, 0.05) is 0 Å². The molecule has 0 saturated heterocycles. The first-order valence-corrected chi connectivity index (χ1v) is 10.2. The molecule has 2 aromatic carbocycles. The Bertz CT molecular complexity index is 509. The summed E-state index contributed by atoms with van der Waals surface area (Å²) in [7, 11) is 0. The molecule has 0 aliphatic heterocycles. The van der Waals surface area contributed by atoms with E-state index in [1.54, 1.807) is 0 Å². The van der Waals surface area contributed by atoms with Gasteiger partial charge in [-0.1, -0.05) is 0 Å². The van der Waals surface area contributed by atoms with Gasteiger partial charge in [0.25, 0.3) is 0 Å². The van der Waals surface area contributed by atoms with Crippen molar-refractivity contribution in [2.45, 2.75) is 25.9 Å². The van der Waals surface area contributed by atoms with Gasteiger partial charge in [-0.3, -0.25) is 0 Å². The molecule has 0 amide bonds. The molecule has 0 aliphatic carbocycles. The fraction of sp³-hybridized carbons (Fsp3) is 0.250. The molecule has 2 heteroatoms. The minimum atomic E-state index is -1.48. The van der Waals surface area contributed by atoms with Crippen LogP contribution in [0.2, 0.25) is 0 Å². The molecule has 0 bridgehead atoms.